The number of benzene rings is 1. The van der Waals surface area contributed by atoms with Crippen LogP contribution in [0.3, 0.4) is 0 Å². The van der Waals surface area contributed by atoms with Crippen molar-refractivity contribution in [2.45, 2.75) is 19.8 Å². The molecule has 0 saturated carbocycles. The molecule has 0 spiro atoms. The number of hydrogen-bond acceptors (Lipinski definition) is 6. The van der Waals surface area contributed by atoms with Crippen LogP contribution in [0.1, 0.15) is 18.6 Å². The third-order valence-electron chi connectivity index (χ3n) is 3.98. The van der Waals surface area contributed by atoms with Crippen LogP contribution >= 0.6 is 0 Å². The zero-order valence-corrected chi connectivity index (χ0v) is 14.2. The van der Waals surface area contributed by atoms with Gasteiger partial charge in [0.05, 0.1) is 11.9 Å². The van der Waals surface area contributed by atoms with Gasteiger partial charge >= 0.3 is 0 Å². The van der Waals surface area contributed by atoms with E-state index < -0.39 is 0 Å². The van der Waals surface area contributed by atoms with Crippen LogP contribution in [0.4, 0.5) is 10.2 Å². The van der Waals surface area contributed by atoms with Gasteiger partial charge in [0.1, 0.15) is 11.6 Å². The Morgan fingerprint density at radius 3 is 2.88 bits per heavy atom. The number of nitrogens with one attached hydrogen (secondary N) is 1. The summed E-state index contributed by atoms with van der Waals surface area (Å²) in [5.41, 5.74) is 1.64. The molecular formula is C18H17FN6O. The maximum Gasteiger partial charge on any atom is 0.226 e. The molecule has 26 heavy (non-hydrogen) atoms. The molecule has 7 nitrogen and oxygen atoms in total. The van der Waals surface area contributed by atoms with Crippen LogP contribution in [0.25, 0.3) is 16.9 Å². The molecule has 0 aliphatic carbocycles. The van der Waals surface area contributed by atoms with E-state index in [0.29, 0.717) is 48.0 Å². The Kier molecular flexibility index (Phi) is 4.30. The maximum atomic E-state index is 14.1. The van der Waals surface area contributed by atoms with E-state index in [9.17, 15) is 4.39 Å². The highest BCUT2D eigenvalue weighted by molar-refractivity contribution is 5.66. The summed E-state index contributed by atoms with van der Waals surface area (Å²) in [6, 6.07) is 10.1. The zero-order chi connectivity index (χ0) is 17.9. The quantitative estimate of drug-likeness (QED) is 0.574. The van der Waals surface area contributed by atoms with Crippen LogP contribution < -0.4 is 5.32 Å². The van der Waals surface area contributed by atoms with Gasteiger partial charge in [0.2, 0.25) is 5.89 Å². The zero-order valence-electron chi connectivity index (χ0n) is 14.2. The standard InChI is InChI=1S/C18H17FN6O/c1-2-18-23-15(24-26-18)7-9-20-17-11-14(12-5-3-4-6-13(12)19)22-16-8-10-21-25(16)17/h3-6,8,10-11,20H,2,7,9H2,1H3. The molecule has 0 aliphatic heterocycles. The predicted molar refractivity (Wildman–Crippen MR) is 94.3 cm³/mol. The summed E-state index contributed by atoms with van der Waals surface area (Å²) < 4.78 is 20.9. The molecule has 3 heterocycles. The van der Waals surface area contributed by atoms with Crippen molar-refractivity contribution in [1.82, 2.24) is 24.7 Å². The average Bonchev–Trinajstić information content (AvgIpc) is 3.31. The van der Waals surface area contributed by atoms with Crippen LogP contribution in [0.2, 0.25) is 0 Å². The molecule has 0 bridgehead atoms. The van der Waals surface area contributed by atoms with Gasteiger partial charge in [-0.2, -0.15) is 14.6 Å². The summed E-state index contributed by atoms with van der Waals surface area (Å²) in [7, 11) is 0. The second-order valence-corrected chi connectivity index (χ2v) is 5.74. The first-order valence-corrected chi connectivity index (χ1v) is 8.39. The second kappa shape index (κ2) is 6.91. The monoisotopic (exact) mass is 352 g/mol. The van der Waals surface area contributed by atoms with Crippen LogP contribution in [0, 0.1) is 5.82 Å². The number of nitrogens with zero attached hydrogens (tertiary/aromatic N) is 5. The van der Waals surface area contributed by atoms with Crippen LogP contribution in [0.5, 0.6) is 0 Å². The predicted octanol–water partition coefficient (Wildman–Crippen LogP) is 3.14. The van der Waals surface area contributed by atoms with Gasteiger partial charge < -0.3 is 9.84 Å². The molecule has 0 atom stereocenters. The molecule has 0 radical (unpaired) electrons. The minimum atomic E-state index is -0.311. The highest BCUT2D eigenvalue weighted by Gasteiger charge is 2.11. The summed E-state index contributed by atoms with van der Waals surface area (Å²) in [6.07, 6.45) is 2.97. The summed E-state index contributed by atoms with van der Waals surface area (Å²) >= 11 is 0. The van der Waals surface area contributed by atoms with E-state index in [1.807, 2.05) is 6.92 Å². The Labute approximate surface area is 148 Å². The first-order valence-electron chi connectivity index (χ1n) is 8.39. The van der Waals surface area contributed by atoms with Gasteiger partial charge in [-0.15, -0.1) is 0 Å². The van der Waals surface area contributed by atoms with Gasteiger partial charge in [-0.1, -0.05) is 24.2 Å². The van der Waals surface area contributed by atoms with E-state index in [-0.39, 0.29) is 5.82 Å². The molecule has 0 fully saturated rings. The lowest BCUT2D eigenvalue weighted by Crippen LogP contribution is -2.10. The molecular weight excluding hydrogens is 335 g/mol. The van der Waals surface area contributed by atoms with E-state index in [1.165, 1.54) is 6.07 Å². The minimum absolute atomic E-state index is 0.311. The highest BCUT2D eigenvalue weighted by Crippen LogP contribution is 2.24. The summed E-state index contributed by atoms with van der Waals surface area (Å²) in [6.45, 7) is 2.55. The fraction of sp³-hybridized carbons (Fsp3) is 0.222. The van der Waals surface area contributed by atoms with E-state index in [1.54, 1.807) is 41.0 Å². The molecule has 8 heteroatoms. The van der Waals surface area contributed by atoms with Crippen molar-refractivity contribution in [2.24, 2.45) is 0 Å². The normalized spacial score (nSPS) is 11.2. The van der Waals surface area contributed by atoms with Crippen LogP contribution in [-0.4, -0.2) is 31.3 Å². The Bertz CT molecular complexity index is 1040. The highest BCUT2D eigenvalue weighted by atomic mass is 19.1. The summed E-state index contributed by atoms with van der Waals surface area (Å²) in [4.78, 5) is 8.78. The maximum absolute atomic E-state index is 14.1. The Hall–Kier alpha value is -3.29. The van der Waals surface area contributed by atoms with Gasteiger partial charge in [0, 0.05) is 37.1 Å². The molecule has 132 valence electrons. The van der Waals surface area contributed by atoms with Crippen LogP contribution in [-0.2, 0) is 12.8 Å². The van der Waals surface area contributed by atoms with E-state index in [2.05, 4.69) is 25.5 Å². The van der Waals surface area contributed by atoms with Crippen molar-refractivity contribution >= 4 is 11.5 Å². The Morgan fingerprint density at radius 1 is 1.19 bits per heavy atom. The van der Waals surface area contributed by atoms with Crippen molar-refractivity contribution in [3.8, 4) is 11.3 Å². The van der Waals surface area contributed by atoms with Gasteiger partial charge in [0.25, 0.3) is 0 Å². The SMILES string of the molecule is CCc1nc(CCNc2cc(-c3ccccc3F)nc3ccnn23)no1. The number of rotatable bonds is 6. The molecule has 4 aromatic rings. The fourth-order valence-corrected chi connectivity index (χ4v) is 2.68. The number of anilines is 1. The fourth-order valence-electron chi connectivity index (χ4n) is 2.68. The lowest BCUT2D eigenvalue weighted by molar-refractivity contribution is 0.377. The number of aromatic nitrogens is 5. The summed E-state index contributed by atoms with van der Waals surface area (Å²) in [5.74, 6) is 1.68. The van der Waals surface area contributed by atoms with E-state index in [0.717, 1.165) is 5.82 Å². The van der Waals surface area contributed by atoms with Crippen molar-refractivity contribution in [3.05, 3.63) is 60.1 Å². The largest absolute Gasteiger partial charge is 0.369 e. The van der Waals surface area contributed by atoms with Gasteiger partial charge in [-0.25, -0.2) is 9.37 Å². The van der Waals surface area contributed by atoms with Gasteiger partial charge in [-0.3, -0.25) is 0 Å². The van der Waals surface area contributed by atoms with E-state index >= 15 is 0 Å². The third-order valence-corrected chi connectivity index (χ3v) is 3.98. The summed E-state index contributed by atoms with van der Waals surface area (Å²) in [5, 5.41) is 11.5. The molecule has 0 saturated heterocycles. The molecule has 0 unspecified atom stereocenters. The number of aryl methyl sites for hydroxylation is 1. The van der Waals surface area contributed by atoms with Crippen molar-refractivity contribution in [3.63, 3.8) is 0 Å². The molecule has 3 aromatic heterocycles. The van der Waals surface area contributed by atoms with Crippen molar-refractivity contribution < 1.29 is 8.91 Å². The van der Waals surface area contributed by atoms with E-state index in [4.69, 9.17) is 4.52 Å². The van der Waals surface area contributed by atoms with Crippen molar-refractivity contribution in [2.75, 3.05) is 11.9 Å². The Balaban J connectivity index is 1.59. The molecule has 1 aromatic carbocycles. The second-order valence-electron chi connectivity index (χ2n) is 5.74. The Morgan fingerprint density at radius 2 is 2.08 bits per heavy atom. The van der Waals surface area contributed by atoms with Crippen molar-refractivity contribution in [1.29, 1.82) is 0 Å². The van der Waals surface area contributed by atoms with Gasteiger partial charge in [-0.05, 0) is 12.1 Å². The average molecular weight is 352 g/mol. The molecule has 0 aliphatic rings. The van der Waals surface area contributed by atoms with Crippen LogP contribution in [0.15, 0.2) is 47.1 Å². The van der Waals surface area contributed by atoms with Gasteiger partial charge in [0.15, 0.2) is 11.5 Å². The lowest BCUT2D eigenvalue weighted by atomic mass is 10.1. The number of halogens is 1. The lowest BCUT2D eigenvalue weighted by Gasteiger charge is -2.10. The third kappa shape index (κ3) is 3.13. The topological polar surface area (TPSA) is 81.1 Å². The number of hydrogen-bond donors (Lipinski definition) is 1. The molecule has 0 amide bonds. The first kappa shape index (κ1) is 16.2. The molecule has 1 N–H and O–H groups in total. The smallest absolute Gasteiger partial charge is 0.226 e. The minimum Gasteiger partial charge on any atom is -0.369 e. The number of fused-ring (bicyclic) bond motifs is 1. The first-order chi connectivity index (χ1) is 12.7. The molecule has 4 rings (SSSR count).